The number of rotatable bonds is 5. The Morgan fingerprint density at radius 3 is 2.75 bits per heavy atom. The van der Waals surface area contributed by atoms with Gasteiger partial charge >= 0.3 is 0 Å². The van der Waals surface area contributed by atoms with Crippen LogP contribution in [0.1, 0.15) is 31.4 Å². The second-order valence-corrected chi connectivity index (χ2v) is 5.37. The highest BCUT2D eigenvalue weighted by Crippen LogP contribution is 2.08. The molecule has 104 valence electrons. The average molecular weight is 289 g/mol. The molecule has 0 aliphatic heterocycles. The van der Waals surface area contributed by atoms with Crippen molar-refractivity contribution in [1.82, 2.24) is 10.3 Å². The SMILES string of the molecule is Cc1nc(CCNC(=O)c2cccc(C(N)=O)c2)cs1. The van der Waals surface area contributed by atoms with Gasteiger partial charge in [-0.25, -0.2) is 4.98 Å². The van der Waals surface area contributed by atoms with Crippen LogP contribution in [-0.4, -0.2) is 23.3 Å². The molecule has 1 aromatic heterocycles. The van der Waals surface area contributed by atoms with E-state index in [9.17, 15) is 9.59 Å². The molecule has 20 heavy (non-hydrogen) atoms. The minimum Gasteiger partial charge on any atom is -0.366 e. The van der Waals surface area contributed by atoms with Crippen molar-refractivity contribution in [3.8, 4) is 0 Å². The number of carbonyl (C=O) groups is 2. The summed E-state index contributed by atoms with van der Waals surface area (Å²) in [5.74, 6) is -0.766. The van der Waals surface area contributed by atoms with Crippen molar-refractivity contribution in [1.29, 1.82) is 0 Å². The molecule has 2 aromatic rings. The highest BCUT2D eigenvalue weighted by atomic mass is 32.1. The van der Waals surface area contributed by atoms with E-state index < -0.39 is 5.91 Å². The van der Waals surface area contributed by atoms with Gasteiger partial charge in [0.15, 0.2) is 0 Å². The average Bonchev–Trinajstić information content (AvgIpc) is 2.84. The summed E-state index contributed by atoms with van der Waals surface area (Å²) < 4.78 is 0. The Bertz CT molecular complexity index is 637. The van der Waals surface area contributed by atoms with E-state index in [-0.39, 0.29) is 5.91 Å². The maximum Gasteiger partial charge on any atom is 0.251 e. The maximum atomic E-state index is 11.9. The van der Waals surface area contributed by atoms with E-state index in [0.29, 0.717) is 24.1 Å². The molecule has 1 aromatic carbocycles. The molecule has 0 aliphatic rings. The van der Waals surface area contributed by atoms with E-state index in [1.165, 1.54) is 6.07 Å². The highest BCUT2D eigenvalue weighted by Gasteiger charge is 2.08. The largest absolute Gasteiger partial charge is 0.366 e. The molecule has 3 N–H and O–H groups in total. The van der Waals surface area contributed by atoms with Crippen molar-refractivity contribution in [3.63, 3.8) is 0 Å². The van der Waals surface area contributed by atoms with Gasteiger partial charge < -0.3 is 11.1 Å². The van der Waals surface area contributed by atoms with Gasteiger partial charge in [0.25, 0.3) is 5.91 Å². The van der Waals surface area contributed by atoms with Crippen LogP contribution in [0.3, 0.4) is 0 Å². The summed E-state index contributed by atoms with van der Waals surface area (Å²) in [5.41, 5.74) is 6.91. The van der Waals surface area contributed by atoms with Crippen molar-refractivity contribution in [3.05, 3.63) is 51.5 Å². The minimum absolute atomic E-state index is 0.222. The third-order valence-electron chi connectivity index (χ3n) is 2.74. The van der Waals surface area contributed by atoms with Crippen molar-refractivity contribution in [2.24, 2.45) is 5.73 Å². The van der Waals surface area contributed by atoms with Crippen molar-refractivity contribution < 1.29 is 9.59 Å². The summed E-state index contributed by atoms with van der Waals surface area (Å²) in [7, 11) is 0. The van der Waals surface area contributed by atoms with Crippen LogP contribution < -0.4 is 11.1 Å². The number of hydrogen-bond donors (Lipinski definition) is 2. The van der Waals surface area contributed by atoms with Crippen molar-refractivity contribution in [2.45, 2.75) is 13.3 Å². The van der Waals surface area contributed by atoms with E-state index in [1.807, 2.05) is 12.3 Å². The number of amides is 2. The number of hydrogen-bond acceptors (Lipinski definition) is 4. The lowest BCUT2D eigenvalue weighted by Crippen LogP contribution is -2.26. The molecule has 0 radical (unpaired) electrons. The minimum atomic E-state index is -0.544. The standard InChI is InChI=1S/C14H15N3O2S/c1-9-17-12(8-20-9)5-6-16-14(19)11-4-2-3-10(7-11)13(15)18/h2-4,7-8H,5-6H2,1H3,(H2,15,18)(H,16,19). The molecule has 5 nitrogen and oxygen atoms in total. The molecular weight excluding hydrogens is 274 g/mol. The summed E-state index contributed by atoms with van der Waals surface area (Å²) in [6.07, 6.45) is 0.686. The molecule has 2 amide bonds. The first-order valence-corrected chi connectivity index (χ1v) is 7.03. The first-order valence-electron chi connectivity index (χ1n) is 6.15. The van der Waals surface area contributed by atoms with Crippen LogP contribution in [-0.2, 0) is 6.42 Å². The van der Waals surface area contributed by atoms with Gasteiger partial charge in [0.1, 0.15) is 0 Å². The molecule has 0 aliphatic carbocycles. The number of benzene rings is 1. The predicted octanol–water partition coefficient (Wildman–Crippen LogP) is 1.52. The van der Waals surface area contributed by atoms with Gasteiger partial charge in [0, 0.05) is 29.5 Å². The lowest BCUT2D eigenvalue weighted by molar-refractivity contribution is 0.0954. The van der Waals surface area contributed by atoms with E-state index in [0.717, 1.165) is 10.7 Å². The summed E-state index contributed by atoms with van der Waals surface area (Å²) >= 11 is 1.59. The third-order valence-corrected chi connectivity index (χ3v) is 3.56. The van der Waals surface area contributed by atoms with Crippen LogP contribution in [0, 0.1) is 6.92 Å². The first-order chi connectivity index (χ1) is 9.56. The molecule has 0 spiro atoms. The second kappa shape index (κ2) is 6.29. The van der Waals surface area contributed by atoms with Gasteiger partial charge in [0.05, 0.1) is 10.7 Å². The molecule has 0 bridgehead atoms. The molecule has 0 fully saturated rings. The van der Waals surface area contributed by atoms with Crippen LogP contribution in [0.4, 0.5) is 0 Å². The molecule has 6 heteroatoms. The number of nitrogens with two attached hydrogens (primary N) is 1. The van der Waals surface area contributed by atoms with Gasteiger partial charge in [-0.3, -0.25) is 9.59 Å². The number of thiazole rings is 1. The van der Waals surface area contributed by atoms with Crippen LogP contribution >= 0.6 is 11.3 Å². The summed E-state index contributed by atoms with van der Waals surface area (Å²) in [6.45, 7) is 2.45. The quantitative estimate of drug-likeness (QED) is 0.875. The van der Waals surface area contributed by atoms with Gasteiger partial charge in [-0.05, 0) is 25.1 Å². The topological polar surface area (TPSA) is 85.1 Å². The van der Waals surface area contributed by atoms with Crippen LogP contribution in [0.2, 0.25) is 0 Å². The van der Waals surface area contributed by atoms with E-state index in [4.69, 9.17) is 5.73 Å². The van der Waals surface area contributed by atoms with Crippen LogP contribution in [0.25, 0.3) is 0 Å². The Balaban J connectivity index is 1.91. The van der Waals surface area contributed by atoms with Crippen molar-refractivity contribution in [2.75, 3.05) is 6.54 Å². The highest BCUT2D eigenvalue weighted by molar-refractivity contribution is 7.09. The number of carbonyl (C=O) groups excluding carboxylic acids is 2. The van der Waals surface area contributed by atoms with Crippen molar-refractivity contribution >= 4 is 23.2 Å². The molecular formula is C14H15N3O2S. The second-order valence-electron chi connectivity index (χ2n) is 4.31. The van der Waals surface area contributed by atoms with Crippen LogP contribution in [0.15, 0.2) is 29.6 Å². The van der Waals surface area contributed by atoms with Gasteiger partial charge in [-0.2, -0.15) is 0 Å². The zero-order valence-corrected chi connectivity index (χ0v) is 11.9. The number of aromatic nitrogens is 1. The first kappa shape index (κ1) is 14.2. The lowest BCUT2D eigenvalue weighted by Gasteiger charge is -2.05. The number of primary amides is 1. The molecule has 2 rings (SSSR count). The summed E-state index contributed by atoms with van der Waals surface area (Å²) in [4.78, 5) is 27.3. The van der Waals surface area contributed by atoms with E-state index >= 15 is 0 Å². The Morgan fingerprint density at radius 1 is 1.35 bits per heavy atom. The Morgan fingerprint density at radius 2 is 2.10 bits per heavy atom. The lowest BCUT2D eigenvalue weighted by atomic mass is 10.1. The zero-order chi connectivity index (χ0) is 14.5. The van der Waals surface area contributed by atoms with E-state index in [1.54, 1.807) is 29.5 Å². The zero-order valence-electron chi connectivity index (χ0n) is 11.1. The maximum absolute atomic E-state index is 11.9. The summed E-state index contributed by atoms with van der Waals surface area (Å²) in [6, 6.07) is 6.36. The predicted molar refractivity (Wildman–Crippen MR) is 77.8 cm³/mol. The van der Waals surface area contributed by atoms with E-state index in [2.05, 4.69) is 10.3 Å². The van der Waals surface area contributed by atoms with Crippen LogP contribution in [0.5, 0.6) is 0 Å². The normalized spacial score (nSPS) is 10.2. The smallest absolute Gasteiger partial charge is 0.251 e. The monoisotopic (exact) mass is 289 g/mol. The summed E-state index contributed by atoms with van der Waals surface area (Å²) in [5, 5.41) is 5.79. The number of nitrogens with zero attached hydrogens (tertiary/aromatic N) is 1. The fourth-order valence-corrected chi connectivity index (χ4v) is 2.39. The van der Waals surface area contributed by atoms with Gasteiger partial charge in [-0.1, -0.05) is 6.07 Å². The fraction of sp³-hybridized carbons (Fsp3) is 0.214. The molecule has 1 heterocycles. The fourth-order valence-electron chi connectivity index (χ4n) is 1.74. The molecule has 0 saturated carbocycles. The van der Waals surface area contributed by atoms with Gasteiger partial charge in [-0.15, -0.1) is 11.3 Å². The van der Waals surface area contributed by atoms with Gasteiger partial charge in [0.2, 0.25) is 5.91 Å². The molecule has 0 unspecified atom stereocenters. The molecule has 0 saturated heterocycles. The Labute approximate surface area is 120 Å². The Hall–Kier alpha value is -2.21. The number of nitrogens with one attached hydrogen (secondary N) is 1. The number of aryl methyl sites for hydroxylation is 1. The molecule has 0 atom stereocenters. The Kier molecular flexibility index (Phi) is 4.47. The third kappa shape index (κ3) is 3.64.